The van der Waals surface area contributed by atoms with Gasteiger partial charge < -0.3 is 14.4 Å². The molecule has 8 nitrogen and oxygen atoms in total. The number of aryl methyl sites for hydroxylation is 1. The number of aromatic nitrogens is 2. The fraction of sp³-hybridized carbons (Fsp3) is 0.455. The smallest absolute Gasteiger partial charge is 0.325 e. The number of ether oxygens (including phenoxy) is 2. The van der Waals surface area contributed by atoms with E-state index < -0.39 is 17.8 Å². The standard InChI is InChI=1S/C11H15N3O5/c1-7-8(4-12-13-7)11(17)14(5-9(15)18-2)6-10(16)19-3/h4H,5-6H2,1-3H3,(H,12,13). The number of nitrogens with one attached hydrogen (secondary N) is 1. The summed E-state index contributed by atoms with van der Waals surface area (Å²) in [6.07, 6.45) is 1.33. The average molecular weight is 269 g/mol. The molecule has 8 heteroatoms. The second-order valence-corrected chi connectivity index (χ2v) is 3.72. The van der Waals surface area contributed by atoms with Gasteiger partial charge in [-0.05, 0) is 6.92 Å². The second-order valence-electron chi connectivity index (χ2n) is 3.72. The fourth-order valence-electron chi connectivity index (χ4n) is 1.38. The van der Waals surface area contributed by atoms with Gasteiger partial charge in [0.05, 0.1) is 26.0 Å². The van der Waals surface area contributed by atoms with Gasteiger partial charge in [0, 0.05) is 5.69 Å². The van der Waals surface area contributed by atoms with Gasteiger partial charge in [-0.25, -0.2) is 0 Å². The first-order valence-electron chi connectivity index (χ1n) is 5.42. The minimum absolute atomic E-state index is 0.285. The number of aromatic amines is 1. The number of hydrogen-bond acceptors (Lipinski definition) is 6. The van der Waals surface area contributed by atoms with E-state index >= 15 is 0 Å². The third kappa shape index (κ3) is 3.80. The molecule has 0 aliphatic rings. The second kappa shape index (κ2) is 6.53. The molecule has 1 aromatic heterocycles. The van der Waals surface area contributed by atoms with Gasteiger partial charge in [-0.2, -0.15) is 5.10 Å². The normalized spacial score (nSPS) is 9.84. The van der Waals surface area contributed by atoms with Crippen LogP contribution in [-0.4, -0.2) is 60.3 Å². The Morgan fingerprint density at radius 3 is 2.11 bits per heavy atom. The quantitative estimate of drug-likeness (QED) is 0.723. The average Bonchev–Trinajstić information content (AvgIpc) is 2.82. The predicted molar refractivity (Wildman–Crippen MR) is 63.3 cm³/mol. The van der Waals surface area contributed by atoms with Crippen LogP contribution in [0.2, 0.25) is 0 Å². The molecule has 0 fully saturated rings. The van der Waals surface area contributed by atoms with E-state index in [0.717, 1.165) is 4.90 Å². The lowest BCUT2D eigenvalue weighted by molar-refractivity contribution is -0.144. The Bertz CT molecular complexity index is 464. The van der Waals surface area contributed by atoms with Crippen molar-refractivity contribution in [2.45, 2.75) is 6.92 Å². The predicted octanol–water partition coefficient (Wildman–Crippen LogP) is -0.494. The number of methoxy groups -OCH3 is 2. The summed E-state index contributed by atoms with van der Waals surface area (Å²) in [6, 6.07) is 0. The molecular formula is C11H15N3O5. The number of carbonyl (C=O) groups is 3. The van der Waals surface area contributed by atoms with Gasteiger partial charge in [0.2, 0.25) is 0 Å². The van der Waals surface area contributed by atoms with Gasteiger partial charge in [-0.1, -0.05) is 0 Å². The maximum Gasteiger partial charge on any atom is 0.325 e. The van der Waals surface area contributed by atoms with Gasteiger partial charge in [-0.3, -0.25) is 19.5 Å². The molecule has 104 valence electrons. The van der Waals surface area contributed by atoms with Crippen LogP contribution in [0.1, 0.15) is 16.1 Å². The van der Waals surface area contributed by atoms with Crippen LogP contribution in [0.3, 0.4) is 0 Å². The van der Waals surface area contributed by atoms with Crippen molar-refractivity contribution in [3.63, 3.8) is 0 Å². The Balaban J connectivity index is 2.89. The lowest BCUT2D eigenvalue weighted by Gasteiger charge is -2.19. The molecule has 1 aromatic rings. The highest BCUT2D eigenvalue weighted by molar-refractivity contribution is 5.98. The number of rotatable bonds is 5. The maximum absolute atomic E-state index is 12.2. The summed E-state index contributed by atoms with van der Waals surface area (Å²) in [4.78, 5) is 35.7. The minimum Gasteiger partial charge on any atom is -0.468 e. The van der Waals surface area contributed by atoms with E-state index in [0.29, 0.717) is 5.69 Å². The fourth-order valence-corrected chi connectivity index (χ4v) is 1.38. The van der Waals surface area contributed by atoms with Crippen LogP contribution in [0, 0.1) is 6.92 Å². The van der Waals surface area contributed by atoms with Crippen molar-refractivity contribution >= 4 is 17.8 Å². The van der Waals surface area contributed by atoms with Crippen molar-refractivity contribution < 1.29 is 23.9 Å². The zero-order valence-corrected chi connectivity index (χ0v) is 10.9. The van der Waals surface area contributed by atoms with Crippen LogP contribution in [0.25, 0.3) is 0 Å². The van der Waals surface area contributed by atoms with E-state index in [1.54, 1.807) is 6.92 Å². The zero-order chi connectivity index (χ0) is 14.4. The molecule has 1 heterocycles. The number of esters is 2. The first-order valence-corrected chi connectivity index (χ1v) is 5.42. The van der Waals surface area contributed by atoms with Gasteiger partial charge >= 0.3 is 11.9 Å². The van der Waals surface area contributed by atoms with Crippen molar-refractivity contribution in [3.8, 4) is 0 Å². The Labute approximate surface area is 109 Å². The summed E-state index contributed by atoms with van der Waals surface area (Å²) in [5.74, 6) is -1.75. The molecular weight excluding hydrogens is 254 g/mol. The lowest BCUT2D eigenvalue weighted by atomic mass is 10.2. The summed E-state index contributed by atoms with van der Waals surface area (Å²) >= 11 is 0. The molecule has 19 heavy (non-hydrogen) atoms. The van der Waals surface area contributed by atoms with Crippen molar-refractivity contribution in [1.29, 1.82) is 0 Å². The van der Waals surface area contributed by atoms with E-state index in [4.69, 9.17) is 0 Å². The third-order valence-electron chi connectivity index (χ3n) is 2.44. The van der Waals surface area contributed by atoms with Crippen molar-refractivity contribution in [3.05, 3.63) is 17.5 Å². The van der Waals surface area contributed by atoms with Crippen molar-refractivity contribution in [1.82, 2.24) is 15.1 Å². The summed E-state index contributed by atoms with van der Waals surface area (Å²) < 4.78 is 8.97. The molecule has 0 saturated heterocycles. The van der Waals surface area contributed by atoms with Crippen molar-refractivity contribution in [2.75, 3.05) is 27.3 Å². The summed E-state index contributed by atoms with van der Waals surface area (Å²) in [5.41, 5.74) is 0.831. The molecule has 0 aliphatic heterocycles. The number of hydrogen-bond donors (Lipinski definition) is 1. The van der Waals surface area contributed by atoms with Crippen LogP contribution in [0.4, 0.5) is 0 Å². The summed E-state index contributed by atoms with van der Waals surface area (Å²) in [7, 11) is 2.40. The number of carbonyl (C=O) groups excluding carboxylic acids is 3. The van der Waals surface area contributed by atoms with E-state index in [1.165, 1.54) is 20.4 Å². The molecule has 0 aliphatic carbocycles. The molecule has 0 unspecified atom stereocenters. The van der Waals surface area contributed by atoms with Crippen LogP contribution >= 0.6 is 0 Å². The first-order chi connectivity index (χ1) is 8.99. The molecule has 1 rings (SSSR count). The topological polar surface area (TPSA) is 102 Å². The van der Waals surface area contributed by atoms with Gasteiger partial charge in [0.15, 0.2) is 0 Å². The van der Waals surface area contributed by atoms with Crippen LogP contribution < -0.4 is 0 Å². The number of nitrogens with zero attached hydrogens (tertiary/aromatic N) is 2. The van der Waals surface area contributed by atoms with Gasteiger partial charge in [0.1, 0.15) is 13.1 Å². The van der Waals surface area contributed by atoms with Crippen LogP contribution in [0.15, 0.2) is 6.20 Å². The van der Waals surface area contributed by atoms with E-state index in [-0.39, 0.29) is 18.7 Å². The Morgan fingerprint density at radius 1 is 1.21 bits per heavy atom. The van der Waals surface area contributed by atoms with E-state index in [1.807, 2.05) is 0 Å². The van der Waals surface area contributed by atoms with Gasteiger partial charge in [-0.15, -0.1) is 0 Å². The van der Waals surface area contributed by atoms with E-state index in [2.05, 4.69) is 19.7 Å². The highest BCUT2D eigenvalue weighted by atomic mass is 16.5. The molecule has 0 saturated carbocycles. The molecule has 0 aromatic carbocycles. The molecule has 0 radical (unpaired) electrons. The molecule has 0 spiro atoms. The van der Waals surface area contributed by atoms with Gasteiger partial charge in [0.25, 0.3) is 5.91 Å². The minimum atomic E-state index is -0.626. The van der Waals surface area contributed by atoms with Crippen LogP contribution in [-0.2, 0) is 19.1 Å². The molecule has 1 amide bonds. The molecule has 0 bridgehead atoms. The SMILES string of the molecule is COC(=O)CN(CC(=O)OC)C(=O)c1cn[nH]c1C. The summed E-state index contributed by atoms with van der Waals surface area (Å²) in [5, 5.41) is 6.33. The highest BCUT2D eigenvalue weighted by Crippen LogP contribution is 2.08. The number of H-pyrrole nitrogens is 1. The lowest BCUT2D eigenvalue weighted by Crippen LogP contribution is -2.40. The zero-order valence-electron chi connectivity index (χ0n) is 10.9. The molecule has 0 atom stereocenters. The Kier molecular flexibility index (Phi) is 5.04. The maximum atomic E-state index is 12.2. The monoisotopic (exact) mass is 269 g/mol. The summed E-state index contributed by atoms with van der Waals surface area (Å²) in [6.45, 7) is 0.985. The van der Waals surface area contributed by atoms with Crippen molar-refractivity contribution in [2.24, 2.45) is 0 Å². The number of amides is 1. The first kappa shape index (κ1) is 14.7. The molecule has 1 N–H and O–H groups in total. The Hall–Kier alpha value is -2.38. The highest BCUT2D eigenvalue weighted by Gasteiger charge is 2.24. The van der Waals surface area contributed by atoms with E-state index in [9.17, 15) is 14.4 Å². The third-order valence-corrected chi connectivity index (χ3v) is 2.44. The Morgan fingerprint density at radius 2 is 1.74 bits per heavy atom. The largest absolute Gasteiger partial charge is 0.468 e. The van der Waals surface area contributed by atoms with Crippen LogP contribution in [0.5, 0.6) is 0 Å².